The lowest BCUT2D eigenvalue weighted by Crippen LogP contribution is -3.00. The van der Waals surface area contributed by atoms with Crippen LogP contribution in [0.5, 0.6) is 11.5 Å². The maximum atomic E-state index is 12.4. The normalized spacial score (nSPS) is 10.7. The molecule has 0 radical (unpaired) electrons. The molecule has 1 aromatic heterocycles. The topological polar surface area (TPSA) is 96.9 Å². The molecule has 2 aromatic rings. The Balaban J connectivity index is 0.00000450. The van der Waals surface area contributed by atoms with Gasteiger partial charge in [0, 0.05) is 6.92 Å². The Morgan fingerprint density at radius 2 is 1.73 bits per heavy atom. The molecular formula is C22H28INO6. The van der Waals surface area contributed by atoms with Crippen molar-refractivity contribution in [2.45, 2.75) is 59.8 Å². The van der Waals surface area contributed by atoms with Crippen LogP contribution in [0.1, 0.15) is 72.3 Å². The molecule has 0 saturated heterocycles. The van der Waals surface area contributed by atoms with Crippen LogP contribution >= 0.6 is 0 Å². The Labute approximate surface area is 193 Å². The summed E-state index contributed by atoms with van der Waals surface area (Å²) in [6, 6.07) is 5.78. The van der Waals surface area contributed by atoms with Gasteiger partial charge in [0.05, 0.1) is 17.7 Å². The number of para-hydroxylation sites is 1. The standard InChI is InChI=1S/C22H27NO6.HI/c1-13(2)17-7-6-8-18(14(3)4)21(17)29-22(27)28-12-23-9-16(10-24)19(11-25)20(26)15(23)5;/h6-9,11,13-14,24H,10,12H2,1-5H3;1H. The molecule has 1 heterocycles. The molecule has 164 valence electrons. The highest BCUT2D eigenvalue weighted by atomic mass is 127. The molecule has 0 spiro atoms. The van der Waals surface area contributed by atoms with E-state index in [1.807, 2.05) is 45.9 Å². The summed E-state index contributed by atoms with van der Waals surface area (Å²) in [5, 5.41) is 19.6. The van der Waals surface area contributed by atoms with E-state index in [0.717, 1.165) is 11.1 Å². The number of aromatic hydroxyl groups is 1. The van der Waals surface area contributed by atoms with Crippen LogP contribution in [0.15, 0.2) is 24.4 Å². The molecule has 0 unspecified atom stereocenters. The average Bonchev–Trinajstić information content (AvgIpc) is 2.68. The molecule has 2 N–H and O–H groups in total. The third-order valence-electron chi connectivity index (χ3n) is 4.80. The lowest BCUT2D eigenvalue weighted by molar-refractivity contribution is -0.733. The van der Waals surface area contributed by atoms with E-state index in [1.165, 1.54) is 10.8 Å². The van der Waals surface area contributed by atoms with Crippen LogP contribution in [0.4, 0.5) is 4.79 Å². The number of nitrogens with zero attached hydrogens (tertiary/aromatic N) is 1. The first-order chi connectivity index (χ1) is 13.7. The van der Waals surface area contributed by atoms with Crippen LogP contribution in [0.2, 0.25) is 0 Å². The van der Waals surface area contributed by atoms with Crippen LogP contribution in [0, 0.1) is 6.92 Å². The van der Waals surface area contributed by atoms with Crippen LogP contribution < -0.4 is 33.3 Å². The third kappa shape index (κ3) is 5.69. The van der Waals surface area contributed by atoms with Gasteiger partial charge in [-0.25, -0.2) is 4.79 Å². The fourth-order valence-electron chi connectivity index (χ4n) is 3.06. The highest BCUT2D eigenvalue weighted by molar-refractivity contribution is 5.81. The predicted molar refractivity (Wildman–Crippen MR) is 106 cm³/mol. The van der Waals surface area contributed by atoms with Gasteiger partial charge in [-0.15, -0.1) is 0 Å². The largest absolute Gasteiger partial charge is 1.00 e. The van der Waals surface area contributed by atoms with Gasteiger partial charge in [-0.05, 0) is 23.0 Å². The van der Waals surface area contributed by atoms with Crippen LogP contribution in [-0.4, -0.2) is 22.7 Å². The summed E-state index contributed by atoms with van der Waals surface area (Å²) in [6.45, 7) is 8.96. The molecular weight excluding hydrogens is 501 g/mol. The highest BCUT2D eigenvalue weighted by Gasteiger charge is 2.23. The van der Waals surface area contributed by atoms with Crippen molar-refractivity contribution in [1.29, 1.82) is 0 Å². The van der Waals surface area contributed by atoms with E-state index < -0.39 is 12.8 Å². The first kappa shape index (κ1) is 25.8. The summed E-state index contributed by atoms with van der Waals surface area (Å²) in [6.07, 6.45) is 1.05. The number of carbonyl (C=O) groups excluding carboxylic acids is 2. The van der Waals surface area contributed by atoms with E-state index >= 15 is 0 Å². The van der Waals surface area contributed by atoms with Crippen molar-refractivity contribution in [2.75, 3.05) is 0 Å². The van der Waals surface area contributed by atoms with Crippen LogP contribution in [0.3, 0.4) is 0 Å². The van der Waals surface area contributed by atoms with Crippen molar-refractivity contribution in [1.82, 2.24) is 0 Å². The number of ether oxygens (including phenoxy) is 2. The summed E-state index contributed by atoms with van der Waals surface area (Å²) in [5.74, 6) is 0.552. The Bertz CT molecular complexity index is 885. The van der Waals surface area contributed by atoms with Gasteiger partial charge in [0.2, 0.25) is 5.69 Å². The van der Waals surface area contributed by atoms with Gasteiger partial charge in [0.1, 0.15) is 5.75 Å². The number of halogens is 1. The molecule has 0 aliphatic rings. The van der Waals surface area contributed by atoms with Gasteiger partial charge >= 0.3 is 6.16 Å². The van der Waals surface area contributed by atoms with Gasteiger partial charge in [0.25, 0.3) is 6.73 Å². The molecule has 7 nitrogen and oxygen atoms in total. The zero-order valence-electron chi connectivity index (χ0n) is 17.8. The number of aromatic nitrogens is 1. The van der Waals surface area contributed by atoms with Crippen molar-refractivity contribution in [3.8, 4) is 11.5 Å². The van der Waals surface area contributed by atoms with E-state index in [1.54, 1.807) is 6.92 Å². The van der Waals surface area contributed by atoms with E-state index in [4.69, 9.17) is 9.47 Å². The lowest BCUT2D eigenvalue weighted by atomic mass is 9.94. The lowest BCUT2D eigenvalue weighted by Gasteiger charge is -2.18. The first-order valence-electron chi connectivity index (χ1n) is 9.49. The molecule has 30 heavy (non-hydrogen) atoms. The maximum absolute atomic E-state index is 12.4. The SMILES string of the molecule is Cc1c(O)c(C=O)c(CO)c[n+]1COC(=O)Oc1c(C(C)C)cccc1C(C)C.[I-]. The summed E-state index contributed by atoms with van der Waals surface area (Å²) >= 11 is 0. The number of hydrogen-bond acceptors (Lipinski definition) is 6. The molecule has 8 heteroatoms. The second-order valence-corrected chi connectivity index (χ2v) is 7.45. The van der Waals surface area contributed by atoms with Gasteiger partial charge in [0.15, 0.2) is 18.2 Å². The van der Waals surface area contributed by atoms with Crippen molar-refractivity contribution in [3.63, 3.8) is 0 Å². The molecule has 1 aromatic carbocycles. The van der Waals surface area contributed by atoms with Crippen molar-refractivity contribution >= 4 is 12.4 Å². The second-order valence-electron chi connectivity index (χ2n) is 7.45. The minimum absolute atomic E-state index is 0. The summed E-state index contributed by atoms with van der Waals surface area (Å²) < 4.78 is 12.2. The summed E-state index contributed by atoms with van der Waals surface area (Å²) in [4.78, 5) is 23.5. The molecule has 0 amide bonds. The number of benzene rings is 1. The summed E-state index contributed by atoms with van der Waals surface area (Å²) in [7, 11) is 0. The molecule has 0 fully saturated rings. The Morgan fingerprint density at radius 1 is 1.17 bits per heavy atom. The van der Waals surface area contributed by atoms with Crippen molar-refractivity contribution in [3.05, 3.63) is 52.3 Å². The van der Waals surface area contributed by atoms with E-state index in [-0.39, 0.29) is 59.4 Å². The minimum Gasteiger partial charge on any atom is -1.00 e. The van der Waals surface area contributed by atoms with Crippen LogP contribution in [-0.2, 0) is 18.1 Å². The Morgan fingerprint density at radius 3 is 2.20 bits per heavy atom. The van der Waals surface area contributed by atoms with E-state index in [9.17, 15) is 19.8 Å². The monoisotopic (exact) mass is 529 g/mol. The second kappa shape index (κ2) is 11.3. The van der Waals surface area contributed by atoms with E-state index in [2.05, 4.69) is 0 Å². The number of aliphatic hydroxyl groups is 1. The smallest absolute Gasteiger partial charge is 0.518 e. The molecule has 0 bridgehead atoms. The molecule has 0 saturated carbocycles. The fraction of sp³-hybridized carbons (Fsp3) is 0.409. The number of rotatable bonds is 7. The summed E-state index contributed by atoms with van der Waals surface area (Å²) in [5.41, 5.74) is 2.38. The highest BCUT2D eigenvalue weighted by Crippen LogP contribution is 2.34. The maximum Gasteiger partial charge on any atom is 0.518 e. The number of carbonyl (C=O) groups is 2. The van der Waals surface area contributed by atoms with Gasteiger partial charge < -0.3 is 43.7 Å². The van der Waals surface area contributed by atoms with Gasteiger partial charge in [-0.1, -0.05) is 45.9 Å². The Hall–Kier alpha value is -2.20. The number of hydrogen-bond donors (Lipinski definition) is 2. The molecule has 2 rings (SSSR count). The number of aldehydes is 1. The fourth-order valence-corrected chi connectivity index (χ4v) is 3.06. The van der Waals surface area contributed by atoms with Crippen molar-refractivity contribution < 1.29 is 57.8 Å². The zero-order valence-corrected chi connectivity index (χ0v) is 20.0. The van der Waals surface area contributed by atoms with Gasteiger partial charge in [-0.3, -0.25) is 4.79 Å². The zero-order chi connectivity index (χ0) is 21.7. The van der Waals surface area contributed by atoms with Gasteiger partial charge in [-0.2, -0.15) is 4.57 Å². The quantitative estimate of drug-likeness (QED) is 0.181. The molecule has 0 aliphatic heterocycles. The number of pyridine rings is 1. The first-order valence-corrected chi connectivity index (χ1v) is 9.49. The van der Waals surface area contributed by atoms with E-state index in [0.29, 0.717) is 17.7 Å². The van der Waals surface area contributed by atoms with Crippen molar-refractivity contribution in [2.24, 2.45) is 0 Å². The molecule has 0 atom stereocenters. The van der Waals surface area contributed by atoms with Crippen LogP contribution in [0.25, 0.3) is 0 Å². The average molecular weight is 529 g/mol. The Kier molecular flexibility index (Phi) is 9.70. The number of aliphatic hydroxyl groups excluding tert-OH is 1. The predicted octanol–water partition coefficient (Wildman–Crippen LogP) is 0.717. The molecule has 0 aliphatic carbocycles. The third-order valence-corrected chi connectivity index (χ3v) is 4.80. The minimum atomic E-state index is -0.878.